The Labute approximate surface area is 141 Å². The van der Waals surface area contributed by atoms with Gasteiger partial charge in [-0.3, -0.25) is 9.78 Å². The second-order valence-corrected chi connectivity index (χ2v) is 5.40. The zero-order valence-electron chi connectivity index (χ0n) is 12.6. The second-order valence-electron chi connectivity index (χ2n) is 4.99. The Morgan fingerprint density at radius 2 is 1.79 bits per heavy atom. The van der Waals surface area contributed by atoms with Gasteiger partial charge in [0.1, 0.15) is 4.99 Å². The SMILES string of the molecule is CNC(=S)C(C(N)=O)(c1ccccc1)c1cc(C(F)(F)F)ccn1. The van der Waals surface area contributed by atoms with E-state index in [4.69, 9.17) is 18.0 Å². The Morgan fingerprint density at radius 1 is 1.17 bits per heavy atom. The molecule has 3 N–H and O–H groups in total. The quantitative estimate of drug-likeness (QED) is 0.829. The maximum Gasteiger partial charge on any atom is 0.416 e. The van der Waals surface area contributed by atoms with Crippen molar-refractivity contribution in [1.82, 2.24) is 10.3 Å². The van der Waals surface area contributed by atoms with Crippen LogP contribution in [0.2, 0.25) is 0 Å². The van der Waals surface area contributed by atoms with Gasteiger partial charge in [0.15, 0.2) is 5.41 Å². The summed E-state index contributed by atoms with van der Waals surface area (Å²) in [4.78, 5) is 16.3. The number of nitrogens with one attached hydrogen (secondary N) is 1. The van der Waals surface area contributed by atoms with Crippen molar-refractivity contribution in [3.63, 3.8) is 0 Å². The number of halogens is 3. The Morgan fingerprint density at radius 3 is 2.29 bits per heavy atom. The number of carbonyl (C=O) groups excluding carboxylic acids is 1. The van der Waals surface area contributed by atoms with Crippen molar-refractivity contribution in [2.24, 2.45) is 5.73 Å². The molecule has 1 atom stereocenters. The molecule has 126 valence electrons. The molecule has 1 heterocycles. The fraction of sp³-hybridized carbons (Fsp3) is 0.188. The molecule has 0 spiro atoms. The first kappa shape index (κ1) is 17.9. The minimum Gasteiger partial charge on any atom is -0.381 e. The van der Waals surface area contributed by atoms with E-state index in [9.17, 15) is 18.0 Å². The predicted molar refractivity (Wildman–Crippen MR) is 87.3 cm³/mol. The average Bonchev–Trinajstić information content (AvgIpc) is 2.55. The number of alkyl halides is 3. The number of benzene rings is 1. The van der Waals surface area contributed by atoms with Crippen LogP contribution in [0.25, 0.3) is 0 Å². The Bertz CT molecular complexity index is 765. The van der Waals surface area contributed by atoms with Crippen LogP contribution in [0.1, 0.15) is 16.8 Å². The molecule has 1 aromatic carbocycles. The fourth-order valence-electron chi connectivity index (χ4n) is 2.46. The summed E-state index contributed by atoms with van der Waals surface area (Å²) in [7, 11) is 1.47. The van der Waals surface area contributed by atoms with Gasteiger partial charge < -0.3 is 11.1 Å². The monoisotopic (exact) mass is 353 g/mol. The van der Waals surface area contributed by atoms with Crippen LogP contribution in [0, 0.1) is 0 Å². The molecule has 0 saturated carbocycles. The first-order valence-corrected chi connectivity index (χ1v) is 7.26. The number of aromatic nitrogens is 1. The number of carbonyl (C=O) groups is 1. The van der Waals surface area contributed by atoms with Crippen molar-refractivity contribution >= 4 is 23.1 Å². The van der Waals surface area contributed by atoms with E-state index in [1.165, 1.54) is 7.05 Å². The molecular formula is C16H14F3N3OS. The third kappa shape index (κ3) is 2.96. The molecule has 1 aromatic heterocycles. The van der Waals surface area contributed by atoms with E-state index in [-0.39, 0.29) is 10.7 Å². The number of rotatable bonds is 4. The van der Waals surface area contributed by atoms with Crippen LogP contribution in [0.3, 0.4) is 0 Å². The van der Waals surface area contributed by atoms with Crippen molar-refractivity contribution in [1.29, 1.82) is 0 Å². The molecule has 0 saturated heterocycles. The lowest BCUT2D eigenvalue weighted by atomic mass is 9.75. The highest BCUT2D eigenvalue weighted by Gasteiger charge is 2.47. The summed E-state index contributed by atoms with van der Waals surface area (Å²) in [6.07, 6.45) is -3.60. The van der Waals surface area contributed by atoms with E-state index in [1.54, 1.807) is 30.3 Å². The standard InChI is InChI=1S/C16H14F3N3OS/c1-21-14(24)15(13(20)23,10-5-3-2-4-6-10)12-9-11(7-8-22-12)16(17,18)19/h2-9H,1H3,(H2,20,23)(H,21,24). The number of primary amides is 1. The number of amides is 1. The van der Waals surface area contributed by atoms with Gasteiger partial charge in [-0.15, -0.1) is 0 Å². The van der Waals surface area contributed by atoms with Crippen LogP contribution in [0.15, 0.2) is 48.7 Å². The molecule has 2 rings (SSSR count). The smallest absolute Gasteiger partial charge is 0.381 e. The summed E-state index contributed by atoms with van der Waals surface area (Å²) in [5.74, 6) is -0.917. The van der Waals surface area contributed by atoms with Crippen molar-refractivity contribution in [2.45, 2.75) is 11.6 Å². The fourth-order valence-corrected chi connectivity index (χ4v) is 2.79. The van der Waals surface area contributed by atoms with Gasteiger partial charge >= 0.3 is 6.18 Å². The van der Waals surface area contributed by atoms with Crippen LogP contribution >= 0.6 is 12.2 Å². The number of pyridine rings is 1. The van der Waals surface area contributed by atoms with Gasteiger partial charge in [-0.25, -0.2) is 0 Å². The van der Waals surface area contributed by atoms with Crippen molar-refractivity contribution in [3.8, 4) is 0 Å². The molecule has 8 heteroatoms. The van der Waals surface area contributed by atoms with E-state index >= 15 is 0 Å². The molecule has 0 radical (unpaired) electrons. The van der Waals surface area contributed by atoms with Crippen molar-refractivity contribution < 1.29 is 18.0 Å². The van der Waals surface area contributed by atoms with E-state index in [2.05, 4.69) is 10.3 Å². The largest absolute Gasteiger partial charge is 0.416 e. The molecule has 24 heavy (non-hydrogen) atoms. The minimum atomic E-state index is -4.58. The first-order chi connectivity index (χ1) is 11.2. The van der Waals surface area contributed by atoms with Gasteiger partial charge in [-0.1, -0.05) is 42.5 Å². The van der Waals surface area contributed by atoms with E-state index in [1.807, 2.05) is 0 Å². The van der Waals surface area contributed by atoms with Gasteiger partial charge in [0.2, 0.25) is 5.91 Å². The van der Waals surface area contributed by atoms with Crippen LogP contribution in [-0.2, 0) is 16.4 Å². The molecule has 0 aliphatic heterocycles. The maximum atomic E-state index is 13.1. The summed E-state index contributed by atoms with van der Waals surface area (Å²) >= 11 is 5.23. The van der Waals surface area contributed by atoms with E-state index < -0.39 is 23.1 Å². The second kappa shape index (κ2) is 6.56. The van der Waals surface area contributed by atoms with Crippen LogP contribution in [-0.4, -0.2) is 22.9 Å². The highest BCUT2D eigenvalue weighted by atomic mass is 32.1. The summed E-state index contributed by atoms with van der Waals surface area (Å²) in [5, 5.41) is 2.65. The number of hydrogen-bond donors (Lipinski definition) is 2. The Kier molecular flexibility index (Phi) is 4.88. The van der Waals surface area contributed by atoms with Crippen LogP contribution in [0.5, 0.6) is 0 Å². The third-order valence-electron chi connectivity index (χ3n) is 3.62. The summed E-state index contributed by atoms with van der Waals surface area (Å²) in [5.41, 5.74) is 3.00. The van der Waals surface area contributed by atoms with Crippen LogP contribution in [0.4, 0.5) is 13.2 Å². The topological polar surface area (TPSA) is 68.0 Å². The summed E-state index contributed by atoms with van der Waals surface area (Å²) in [6.45, 7) is 0. The molecule has 0 aliphatic rings. The van der Waals surface area contributed by atoms with Gasteiger partial charge in [-0.2, -0.15) is 13.2 Å². The molecule has 0 aliphatic carbocycles. The minimum absolute atomic E-state index is 0.0342. The molecule has 1 amide bonds. The molecule has 4 nitrogen and oxygen atoms in total. The molecule has 2 aromatic rings. The number of nitrogens with zero attached hydrogens (tertiary/aromatic N) is 1. The zero-order valence-corrected chi connectivity index (χ0v) is 13.4. The molecule has 1 unspecified atom stereocenters. The Hall–Kier alpha value is -2.48. The van der Waals surface area contributed by atoms with E-state index in [0.717, 1.165) is 18.3 Å². The molecule has 0 bridgehead atoms. The highest BCUT2D eigenvalue weighted by molar-refractivity contribution is 7.80. The Balaban J connectivity index is 2.81. The third-order valence-corrected chi connectivity index (χ3v) is 4.13. The first-order valence-electron chi connectivity index (χ1n) is 6.86. The van der Waals surface area contributed by atoms with Gasteiger partial charge in [-0.05, 0) is 17.7 Å². The number of hydrogen-bond acceptors (Lipinski definition) is 3. The predicted octanol–water partition coefficient (Wildman–Crippen LogP) is 2.42. The highest BCUT2D eigenvalue weighted by Crippen LogP contribution is 2.36. The molecular weight excluding hydrogens is 339 g/mol. The lowest BCUT2D eigenvalue weighted by Gasteiger charge is -2.31. The van der Waals surface area contributed by atoms with Crippen molar-refractivity contribution in [2.75, 3.05) is 7.05 Å². The maximum absolute atomic E-state index is 13.1. The lowest BCUT2D eigenvalue weighted by molar-refractivity contribution is -0.137. The van der Waals surface area contributed by atoms with Crippen molar-refractivity contribution in [3.05, 3.63) is 65.5 Å². The number of thiocarbonyl (C=S) groups is 1. The molecule has 0 fully saturated rings. The summed E-state index contributed by atoms with van der Waals surface area (Å²) in [6, 6.07) is 9.73. The van der Waals surface area contributed by atoms with Gasteiger partial charge in [0, 0.05) is 13.2 Å². The van der Waals surface area contributed by atoms with Gasteiger partial charge in [0.25, 0.3) is 0 Å². The van der Waals surface area contributed by atoms with Gasteiger partial charge in [0.05, 0.1) is 11.3 Å². The number of likely N-dealkylation sites (N-methyl/N-ethyl adjacent to an activating group) is 1. The number of nitrogens with two attached hydrogens (primary N) is 1. The normalized spacial score (nSPS) is 13.8. The summed E-state index contributed by atoms with van der Waals surface area (Å²) < 4.78 is 39.2. The van der Waals surface area contributed by atoms with E-state index in [0.29, 0.717) is 5.56 Å². The van der Waals surface area contributed by atoms with Crippen LogP contribution < -0.4 is 11.1 Å². The zero-order chi connectivity index (χ0) is 18.0. The average molecular weight is 353 g/mol. The lowest BCUT2D eigenvalue weighted by Crippen LogP contribution is -2.53.